The standard InChI is InChI=1S/C28H24N4O2S/c29-13-15-32(35(33,34)28-10-8-22(9-11-28)21-4-2-1-3-5-21)27-17-26(19-31-20-27)23-6-7-25-18-30-14-12-24(25)16-23/h1-12,14,16-20H,13,15,29H2. The first kappa shape index (κ1) is 22.7. The van der Waals surface area contributed by atoms with Crippen LogP contribution in [0.15, 0.2) is 115 Å². The highest BCUT2D eigenvalue weighted by molar-refractivity contribution is 7.92. The van der Waals surface area contributed by atoms with E-state index in [0.717, 1.165) is 33.0 Å². The number of sulfonamides is 1. The van der Waals surface area contributed by atoms with Crippen molar-refractivity contribution in [1.29, 1.82) is 0 Å². The fourth-order valence-corrected chi connectivity index (χ4v) is 5.53. The predicted molar refractivity (Wildman–Crippen MR) is 140 cm³/mol. The molecule has 6 nitrogen and oxygen atoms in total. The molecule has 2 heterocycles. The summed E-state index contributed by atoms with van der Waals surface area (Å²) in [6.45, 7) is 0.311. The van der Waals surface area contributed by atoms with E-state index in [1.807, 2.05) is 79.0 Å². The van der Waals surface area contributed by atoms with Crippen LogP contribution in [-0.4, -0.2) is 31.5 Å². The molecule has 0 aliphatic heterocycles. The minimum atomic E-state index is -3.84. The highest BCUT2D eigenvalue weighted by atomic mass is 32.2. The van der Waals surface area contributed by atoms with Gasteiger partial charge in [-0.25, -0.2) is 8.42 Å². The summed E-state index contributed by atoms with van der Waals surface area (Å²) in [6, 6.07) is 26.5. The van der Waals surface area contributed by atoms with Gasteiger partial charge < -0.3 is 5.73 Å². The molecule has 0 amide bonds. The quantitative estimate of drug-likeness (QED) is 0.349. The summed E-state index contributed by atoms with van der Waals surface area (Å²) in [5, 5.41) is 2.08. The zero-order valence-electron chi connectivity index (χ0n) is 19.0. The Bertz CT molecular complexity index is 1570. The number of fused-ring (bicyclic) bond motifs is 1. The third-order valence-electron chi connectivity index (χ3n) is 5.87. The highest BCUT2D eigenvalue weighted by Gasteiger charge is 2.25. The van der Waals surface area contributed by atoms with Crippen LogP contribution in [0.25, 0.3) is 33.0 Å². The number of hydrogen-bond donors (Lipinski definition) is 1. The van der Waals surface area contributed by atoms with Crippen LogP contribution in [0.4, 0.5) is 5.69 Å². The van der Waals surface area contributed by atoms with E-state index in [4.69, 9.17) is 5.73 Å². The number of anilines is 1. The number of benzene rings is 3. The first-order chi connectivity index (χ1) is 17.1. The minimum absolute atomic E-state index is 0.136. The molecular formula is C28H24N4O2S. The van der Waals surface area contributed by atoms with Crippen molar-refractivity contribution in [2.75, 3.05) is 17.4 Å². The monoisotopic (exact) mass is 480 g/mol. The average molecular weight is 481 g/mol. The summed E-state index contributed by atoms with van der Waals surface area (Å²) in [7, 11) is -3.84. The van der Waals surface area contributed by atoms with Gasteiger partial charge in [-0.3, -0.25) is 14.3 Å². The number of pyridine rings is 2. The van der Waals surface area contributed by atoms with Gasteiger partial charge in [0.1, 0.15) is 0 Å². The van der Waals surface area contributed by atoms with E-state index < -0.39 is 10.0 Å². The largest absolute Gasteiger partial charge is 0.329 e. The Kier molecular flexibility index (Phi) is 6.27. The lowest BCUT2D eigenvalue weighted by Crippen LogP contribution is -2.35. The summed E-state index contributed by atoms with van der Waals surface area (Å²) in [5.74, 6) is 0. The third-order valence-corrected chi connectivity index (χ3v) is 7.71. The van der Waals surface area contributed by atoms with Crippen molar-refractivity contribution in [1.82, 2.24) is 9.97 Å². The molecule has 0 radical (unpaired) electrons. The van der Waals surface area contributed by atoms with Crippen LogP contribution in [0.5, 0.6) is 0 Å². The van der Waals surface area contributed by atoms with Crippen molar-refractivity contribution in [2.24, 2.45) is 5.73 Å². The van der Waals surface area contributed by atoms with Gasteiger partial charge in [-0.1, -0.05) is 54.6 Å². The van der Waals surface area contributed by atoms with Gasteiger partial charge in [0.15, 0.2) is 0 Å². The SMILES string of the molecule is NCCN(c1cncc(-c2ccc3cnccc3c2)c1)S(=O)(=O)c1ccc(-c2ccccc2)cc1. The predicted octanol–water partition coefficient (Wildman–Crippen LogP) is 5.12. The minimum Gasteiger partial charge on any atom is -0.329 e. The second-order valence-corrected chi connectivity index (χ2v) is 9.99. The van der Waals surface area contributed by atoms with Crippen LogP contribution in [0.1, 0.15) is 0 Å². The average Bonchev–Trinajstić information content (AvgIpc) is 2.92. The Labute approximate surface area is 204 Å². The Morgan fingerprint density at radius 1 is 0.686 bits per heavy atom. The Morgan fingerprint density at radius 3 is 2.20 bits per heavy atom. The van der Waals surface area contributed by atoms with Crippen molar-refractivity contribution >= 4 is 26.5 Å². The van der Waals surface area contributed by atoms with Crippen LogP contribution in [-0.2, 0) is 10.0 Å². The van der Waals surface area contributed by atoms with Gasteiger partial charge in [-0.15, -0.1) is 0 Å². The summed E-state index contributed by atoms with van der Waals surface area (Å²) >= 11 is 0. The maximum absolute atomic E-state index is 13.6. The molecule has 5 rings (SSSR count). The molecule has 3 aromatic carbocycles. The van der Waals surface area contributed by atoms with E-state index in [1.165, 1.54) is 4.31 Å². The van der Waals surface area contributed by atoms with Crippen molar-refractivity contribution in [3.05, 3.63) is 110 Å². The van der Waals surface area contributed by atoms with Gasteiger partial charge in [-0.2, -0.15) is 0 Å². The molecule has 0 unspecified atom stereocenters. The maximum Gasteiger partial charge on any atom is 0.264 e. The lowest BCUT2D eigenvalue weighted by Gasteiger charge is -2.24. The van der Waals surface area contributed by atoms with Gasteiger partial charge in [0, 0.05) is 42.6 Å². The molecule has 0 spiro atoms. The molecule has 0 saturated carbocycles. The van der Waals surface area contributed by atoms with Crippen LogP contribution in [0.3, 0.4) is 0 Å². The van der Waals surface area contributed by atoms with Gasteiger partial charge in [0.25, 0.3) is 10.0 Å². The zero-order chi connectivity index (χ0) is 24.3. The highest BCUT2D eigenvalue weighted by Crippen LogP contribution is 2.30. The van der Waals surface area contributed by atoms with Crippen LogP contribution >= 0.6 is 0 Å². The normalized spacial score (nSPS) is 11.5. The van der Waals surface area contributed by atoms with Crippen molar-refractivity contribution in [3.63, 3.8) is 0 Å². The molecule has 0 atom stereocenters. The van der Waals surface area contributed by atoms with Crippen molar-refractivity contribution in [3.8, 4) is 22.3 Å². The smallest absolute Gasteiger partial charge is 0.264 e. The molecule has 174 valence electrons. The topological polar surface area (TPSA) is 89.2 Å². The molecule has 2 N–H and O–H groups in total. The maximum atomic E-state index is 13.6. The molecule has 0 aliphatic rings. The molecule has 0 saturated heterocycles. The van der Waals surface area contributed by atoms with Crippen LogP contribution in [0, 0.1) is 0 Å². The Balaban J connectivity index is 1.50. The van der Waals surface area contributed by atoms with E-state index >= 15 is 0 Å². The lowest BCUT2D eigenvalue weighted by atomic mass is 10.0. The van der Waals surface area contributed by atoms with Crippen molar-refractivity contribution in [2.45, 2.75) is 4.90 Å². The van der Waals surface area contributed by atoms with Gasteiger partial charge in [0.2, 0.25) is 0 Å². The fourth-order valence-electron chi connectivity index (χ4n) is 4.07. The lowest BCUT2D eigenvalue weighted by molar-refractivity contribution is 0.591. The molecule has 5 aromatic rings. The number of nitrogens with two attached hydrogens (primary N) is 1. The molecular weight excluding hydrogens is 456 g/mol. The number of aromatic nitrogens is 2. The first-order valence-corrected chi connectivity index (χ1v) is 12.7. The Morgan fingerprint density at radius 2 is 1.43 bits per heavy atom. The van der Waals surface area contributed by atoms with Crippen LogP contribution < -0.4 is 10.0 Å². The third kappa shape index (κ3) is 4.64. The van der Waals surface area contributed by atoms with E-state index in [0.29, 0.717) is 5.69 Å². The summed E-state index contributed by atoms with van der Waals surface area (Å²) in [6.07, 6.45) is 6.85. The number of hydrogen-bond acceptors (Lipinski definition) is 5. The van der Waals surface area contributed by atoms with E-state index in [2.05, 4.69) is 9.97 Å². The molecule has 7 heteroatoms. The fraction of sp³-hybridized carbons (Fsp3) is 0.0714. The van der Waals surface area contributed by atoms with Gasteiger partial charge in [-0.05, 0) is 52.4 Å². The van der Waals surface area contributed by atoms with E-state index in [-0.39, 0.29) is 18.0 Å². The first-order valence-electron chi connectivity index (χ1n) is 11.2. The summed E-state index contributed by atoms with van der Waals surface area (Å²) in [5.41, 5.74) is 10.0. The molecule has 0 fully saturated rings. The van der Waals surface area contributed by atoms with Gasteiger partial charge in [0.05, 0.1) is 16.8 Å². The number of rotatable bonds is 7. The second kappa shape index (κ2) is 9.66. The second-order valence-electron chi connectivity index (χ2n) is 8.13. The van der Waals surface area contributed by atoms with E-state index in [1.54, 1.807) is 30.7 Å². The molecule has 35 heavy (non-hydrogen) atoms. The zero-order valence-corrected chi connectivity index (χ0v) is 19.8. The van der Waals surface area contributed by atoms with Crippen molar-refractivity contribution < 1.29 is 8.42 Å². The van der Waals surface area contributed by atoms with Crippen LogP contribution in [0.2, 0.25) is 0 Å². The molecule has 2 aromatic heterocycles. The van der Waals surface area contributed by atoms with Gasteiger partial charge >= 0.3 is 0 Å². The summed E-state index contributed by atoms with van der Waals surface area (Å²) < 4.78 is 28.6. The van der Waals surface area contributed by atoms with E-state index in [9.17, 15) is 8.42 Å². The molecule has 0 bridgehead atoms. The Hall–Kier alpha value is -4.07. The molecule has 0 aliphatic carbocycles. The summed E-state index contributed by atoms with van der Waals surface area (Å²) in [4.78, 5) is 8.70. The number of nitrogens with zero attached hydrogens (tertiary/aromatic N) is 3.